The quantitative estimate of drug-likeness (QED) is 0.531. The lowest BCUT2D eigenvalue weighted by molar-refractivity contribution is -0.225. The number of allylic oxidation sites excluding steroid dienone is 4. The third-order valence-electron chi connectivity index (χ3n) is 10.2. The monoisotopic (exact) mass is 551 g/mol. The van der Waals surface area contributed by atoms with Gasteiger partial charge in [0.15, 0.2) is 17.1 Å². The molecule has 204 valence electrons. The zero-order valence-corrected chi connectivity index (χ0v) is 21.8. The summed E-state index contributed by atoms with van der Waals surface area (Å²) in [5, 5.41) is 12.5. The van der Waals surface area contributed by atoms with Crippen LogP contribution in [0.1, 0.15) is 33.1 Å². The summed E-state index contributed by atoms with van der Waals surface area (Å²) in [5.41, 5.74) is -6.01. The molecule has 0 spiro atoms. The number of benzene rings is 1. The van der Waals surface area contributed by atoms with E-state index in [4.69, 9.17) is 4.84 Å². The molecule has 1 aliphatic heterocycles. The topological polar surface area (TPSA) is 66.8 Å². The van der Waals surface area contributed by atoms with Crippen LogP contribution in [0.3, 0.4) is 0 Å². The third kappa shape index (κ3) is 3.08. The summed E-state index contributed by atoms with van der Waals surface area (Å²) in [5.74, 6) is -2.88. The molecule has 10 heteroatoms. The lowest BCUT2D eigenvalue weighted by Crippen LogP contribution is -2.70. The van der Waals surface area contributed by atoms with E-state index in [1.165, 1.54) is 48.4 Å². The van der Waals surface area contributed by atoms with Crippen molar-refractivity contribution >= 4 is 28.3 Å². The standard InChI is InChI=1S/C28H29F4NO4S/c1-25-8-7-18(34)10-21(25)22(31)11-20-19-9-15-13-33(17-5-3-16(30)4-6-17)37-28(15,24(36)38-14-29)26(19,2)12-23(35)27(20,25)32/h3-8,10,15,19-20,22-23,35H,9,11-14H2,1-2H3/t15-,19-,20-,22-,23-,25-,26?,27-,28-/m0/s1. The maximum absolute atomic E-state index is 17.4. The van der Waals surface area contributed by atoms with E-state index >= 15 is 8.78 Å². The first-order valence-electron chi connectivity index (χ1n) is 12.8. The number of hydrogen-bond acceptors (Lipinski definition) is 6. The zero-order valence-electron chi connectivity index (χ0n) is 21.0. The Morgan fingerprint density at radius 2 is 1.92 bits per heavy atom. The summed E-state index contributed by atoms with van der Waals surface area (Å²) in [4.78, 5) is 32.1. The number of thioether (sulfide) groups is 1. The fraction of sp³-hybridized carbons (Fsp3) is 0.571. The van der Waals surface area contributed by atoms with Gasteiger partial charge in [0.25, 0.3) is 0 Å². The van der Waals surface area contributed by atoms with Gasteiger partial charge in [-0.15, -0.1) is 0 Å². The largest absolute Gasteiger partial charge is 0.390 e. The number of aliphatic hydroxyl groups excluding tert-OH is 1. The zero-order chi connectivity index (χ0) is 27.3. The van der Waals surface area contributed by atoms with Crippen LogP contribution in [-0.4, -0.2) is 52.1 Å². The number of carbonyl (C=O) groups is 2. The van der Waals surface area contributed by atoms with Crippen LogP contribution in [0.4, 0.5) is 23.2 Å². The second kappa shape index (κ2) is 8.41. The molecule has 0 bridgehead atoms. The van der Waals surface area contributed by atoms with Gasteiger partial charge in [-0.2, -0.15) is 0 Å². The number of ketones is 1. The van der Waals surface area contributed by atoms with Crippen molar-refractivity contribution in [3.8, 4) is 0 Å². The minimum atomic E-state index is -2.28. The number of anilines is 1. The smallest absolute Gasteiger partial charge is 0.226 e. The summed E-state index contributed by atoms with van der Waals surface area (Å²) in [6.45, 7) is 3.50. The van der Waals surface area contributed by atoms with Crippen molar-refractivity contribution in [3.05, 3.63) is 53.9 Å². The molecule has 0 amide bonds. The highest BCUT2D eigenvalue weighted by Gasteiger charge is 2.79. The predicted molar refractivity (Wildman–Crippen MR) is 134 cm³/mol. The van der Waals surface area contributed by atoms with Gasteiger partial charge in [-0.1, -0.05) is 24.8 Å². The number of hydroxylamine groups is 1. The number of hydrogen-bond donors (Lipinski definition) is 1. The average molecular weight is 552 g/mol. The number of aliphatic hydroxyl groups is 1. The summed E-state index contributed by atoms with van der Waals surface area (Å²) in [6.07, 6.45) is 0.424. The SMILES string of the molecule is CC12C[C@H](O)[C@@]3(F)[C@@H](C[C@H](F)C4=CC(=O)C=C[C@@]43C)[C@@H]1C[C@H]1CN(c3ccc(F)cc3)O[C@]12C(=O)SCF. The summed E-state index contributed by atoms with van der Waals surface area (Å²) in [7, 11) is 0. The van der Waals surface area contributed by atoms with Crippen LogP contribution in [0.5, 0.6) is 0 Å². The van der Waals surface area contributed by atoms with Crippen molar-refractivity contribution in [2.24, 2.45) is 28.6 Å². The highest BCUT2D eigenvalue weighted by molar-refractivity contribution is 8.13. The van der Waals surface area contributed by atoms with E-state index in [2.05, 4.69) is 0 Å². The maximum Gasteiger partial charge on any atom is 0.226 e. The van der Waals surface area contributed by atoms with Crippen LogP contribution in [-0.2, 0) is 14.4 Å². The molecule has 4 fully saturated rings. The highest BCUT2D eigenvalue weighted by atomic mass is 32.2. The van der Waals surface area contributed by atoms with Crippen LogP contribution >= 0.6 is 11.8 Å². The molecule has 1 aromatic carbocycles. The van der Waals surface area contributed by atoms with Crippen LogP contribution in [0.15, 0.2) is 48.1 Å². The predicted octanol–water partition coefficient (Wildman–Crippen LogP) is 5.05. The van der Waals surface area contributed by atoms with Gasteiger partial charge in [0, 0.05) is 22.7 Å². The number of rotatable bonds is 3. The normalized spacial score (nSPS) is 45.2. The molecule has 38 heavy (non-hydrogen) atoms. The lowest BCUT2D eigenvalue weighted by atomic mass is 9.44. The van der Waals surface area contributed by atoms with E-state index in [0.29, 0.717) is 23.9 Å². The fourth-order valence-corrected chi connectivity index (χ4v) is 9.26. The minimum Gasteiger partial charge on any atom is -0.390 e. The Kier molecular flexibility index (Phi) is 5.77. The molecule has 4 aliphatic carbocycles. The van der Waals surface area contributed by atoms with Gasteiger partial charge in [-0.05, 0) is 74.1 Å². The van der Waals surface area contributed by atoms with E-state index in [-0.39, 0.29) is 25.0 Å². The van der Waals surface area contributed by atoms with Crippen molar-refractivity contribution in [1.82, 2.24) is 0 Å². The first kappa shape index (κ1) is 26.1. The van der Waals surface area contributed by atoms with E-state index in [0.717, 1.165) is 6.08 Å². The number of alkyl halides is 3. The molecule has 3 saturated carbocycles. The first-order chi connectivity index (χ1) is 17.9. The van der Waals surface area contributed by atoms with Gasteiger partial charge in [0.1, 0.15) is 18.0 Å². The molecular formula is C28H29F4NO4S. The highest BCUT2D eigenvalue weighted by Crippen LogP contribution is 2.73. The van der Waals surface area contributed by atoms with Crippen LogP contribution < -0.4 is 5.06 Å². The summed E-state index contributed by atoms with van der Waals surface area (Å²) in [6, 6.07) is 4.58. The van der Waals surface area contributed by atoms with E-state index < -0.39 is 74.9 Å². The lowest BCUT2D eigenvalue weighted by Gasteiger charge is -2.63. The van der Waals surface area contributed by atoms with Crippen LogP contribution in [0.25, 0.3) is 0 Å². The molecule has 0 radical (unpaired) electrons. The van der Waals surface area contributed by atoms with Gasteiger partial charge in [0.2, 0.25) is 5.12 Å². The number of carbonyl (C=O) groups excluding carboxylic acids is 2. The van der Waals surface area contributed by atoms with Gasteiger partial charge in [0.05, 0.1) is 18.3 Å². The van der Waals surface area contributed by atoms with Gasteiger partial charge in [-0.3, -0.25) is 19.5 Å². The van der Waals surface area contributed by atoms with Crippen LogP contribution in [0, 0.1) is 34.4 Å². The summed E-state index contributed by atoms with van der Waals surface area (Å²) < 4.78 is 60.2. The van der Waals surface area contributed by atoms with Gasteiger partial charge in [-0.25, -0.2) is 17.6 Å². The molecule has 5 nitrogen and oxygen atoms in total. The Balaban J connectivity index is 1.44. The Labute approximate surface area is 222 Å². The van der Waals surface area contributed by atoms with E-state index in [9.17, 15) is 23.5 Å². The summed E-state index contributed by atoms with van der Waals surface area (Å²) >= 11 is 0.473. The Morgan fingerprint density at radius 3 is 2.61 bits per heavy atom. The minimum absolute atomic E-state index is 0.0297. The second-order valence-corrected chi connectivity index (χ2v) is 12.6. The molecular weight excluding hydrogens is 522 g/mol. The van der Waals surface area contributed by atoms with Gasteiger partial charge < -0.3 is 5.11 Å². The Hall–Kier alpha value is -2.17. The molecule has 1 N–H and O–H groups in total. The maximum atomic E-state index is 17.4. The molecule has 1 heterocycles. The van der Waals surface area contributed by atoms with Crippen molar-refractivity contribution in [3.63, 3.8) is 0 Å². The Bertz CT molecular complexity index is 1260. The molecule has 9 atom stereocenters. The fourth-order valence-electron chi connectivity index (χ4n) is 8.51. The molecule has 6 rings (SSSR count). The first-order valence-corrected chi connectivity index (χ1v) is 13.8. The molecule has 1 unspecified atom stereocenters. The molecule has 5 aliphatic rings. The molecule has 1 saturated heterocycles. The third-order valence-corrected chi connectivity index (χ3v) is 10.9. The van der Waals surface area contributed by atoms with Crippen molar-refractivity contribution in [2.45, 2.75) is 56.7 Å². The second-order valence-electron chi connectivity index (χ2n) is 11.7. The van der Waals surface area contributed by atoms with Crippen molar-refractivity contribution in [1.29, 1.82) is 0 Å². The van der Waals surface area contributed by atoms with E-state index in [1.54, 1.807) is 6.92 Å². The van der Waals surface area contributed by atoms with Gasteiger partial charge >= 0.3 is 0 Å². The van der Waals surface area contributed by atoms with E-state index in [1.807, 2.05) is 0 Å². The number of fused-ring (bicyclic) bond motifs is 7. The number of nitrogens with zero attached hydrogens (tertiary/aromatic N) is 1. The van der Waals surface area contributed by atoms with Crippen molar-refractivity contribution < 1.29 is 37.1 Å². The average Bonchev–Trinajstić information content (AvgIpc) is 3.37. The van der Waals surface area contributed by atoms with Crippen molar-refractivity contribution in [2.75, 3.05) is 17.6 Å². The van der Waals surface area contributed by atoms with Crippen LogP contribution in [0.2, 0.25) is 0 Å². The molecule has 0 aromatic heterocycles. The molecule has 1 aromatic rings. The number of halogens is 4. The Morgan fingerprint density at radius 1 is 1.21 bits per heavy atom.